The summed E-state index contributed by atoms with van der Waals surface area (Å²) in [6.45, 7) is 7.49. The van der Waals surface area contributed by atoms with E-state index in [1.807, 2.05) is 104 Å². The van der Waals surface area contributed by atoms with Crippen molar-refractivity contribution < 1.29 is 57.9 Å². The number of aromatic carboxylic acids is 1. The van der Waals surface area contributed by atoms with Gasteiger partial charge in [-0.1, -0.05) is 154 Å². The molecule has 0 aliphatic rings. The number of alkyl halides is 1. The van der Waals surface area contributed by atoms with Crippen LogP contribution < -0.4 is 15.4 Å². The van der Waals surface area contributed by atoms with Crippen LogP contribution in [0.4, 0.5) is 9.59 Å². The highest BCUT2D eigenvalue weighted by Crippen LogP contribution is 2.23. The quantitative estimate of drug-likeness (QED) is 0.0245. The molecule has 0 aliphatic heterocycles. The van der Waals surface area contributed by atoms with Crippen molar-refractivity contribution in [3.63, 3.8) is 0 Å². The van der Waals surface area contributed by atoms with Crippen molar-refractivity contribution in [1.29, 1.82) is 0 Å². The van der Waals surface area contributed by atoms with Crippen LogP contribution in [0.3, 0.4) is 0 Å². The minimum Gasteiger partial charge on any atom is -0.478 e. The van der Waals surface area contributed by atoms with Crippen molar-refractivity contribution in [2.75, 3.05) is 0 Å². The number of halogens is 1. The van der Waals surface area contributed by atoms with Gasteiger partial charge in [-0.3, -0.25) is 0 Å². The molecule has 0 spiro atoms. The Labute approximate surface area is 356 Å². The predicted molar refractivity (Wildman–Crippen MR) is 226 cm³/mol. The fourth-order valence-electron chi connectivity index (χ4n) is 5.33. The second-order valence-electron chi connectivity index (χ2n) is 13.4. The summed E-state index contributed by atoms with van der Waals surface area (Å²) in [6.07, 6.45) is -1.74. The van der Waals surface area contributed by atoms with Gasteiger partial charge >= 0.3 is 36.1 Å². The zero-order valence-corrected chi connectivity index (χ0v) is 35.3. The number of benzene rings is 4. The second-order valence-corrected chi connectivity index (χ2v) is 14.1. The standard InChI is InChI=1S/C22H24INO6.C22H25NO6/c1-3-14(2)19(24-22(28)29-13-15-7-5-4-6-8-15)21(27)30-17-9-10-18(20(25)26)16(11-17)12-23;1-3-15(2)18(23-22(27)28-14-16-10-6-4-7-11-16)21(26)29-19(20(24)25)17-12-8-5-9-13-17/h4-11,14,19H,3,12-13H2,1-2H3,(H,24,28)(H,25,26);4-13,15,18-19H,3,14H2,1-2H3,(H,23,27)(H,24,25)/t14?,19-;15?,18-,19?/m00/s1. The molecule has 0 bridgehead atoms. The predicted octanol–water partition coefficient (Wildman–Crippen LogP) is 8.26. The Hall–Kier alpha value is -5.97. The molecule has 0 aromatic heterocycles. The molecule has 0 radical (unpaired) electrons. The lowest BCUT2D eigenvalue weighted by Crippen LogP contribution is -2.47. The summed E-state index contributed by atoms with van der Waals surface area (Å²) in [5.74, 6) is -4.04. The highest BCUT2D eigenvalue weighted by molar-refractivity contribution is 14.1. The van der Waals surface area contributed by atoms with Crippen LogP contribution in [0.25, 0.3) is 0 Å². The summed E-state index contributed by atoms with van der Waals surface area (Å²) in [7, 11) is 0. The molecular formula is C44H49IN2O12. The summed E-state index contributed by atoms with van der Waals surface area (Å²) in [4.78, 5) is 72.7. The number of rotatable bonds is 18. The van der Waals surface area contributed by atoms with Gasteiger partial charge in [-0.25, -0.2) is 28.8 Å². The lowest BCUT2D eigenvalue weighted by molar-refractivity contribution is -0.166. The van der Waals surface area contributed by atoms with Gasteiger partial charge in [0.1, 0.15) is 31.0 Å². The van der Waals surface area contributed by atoms with E-state index in [0.29, 0.717) is 28.4 Å². The molecule has 3 unspecified atom stereocenters. The molecule has 0 saturated heterocycles. The number of carboxylic acids is 2. The van der Waals surface area contributed by atoms with Crippen LogP contribution in [0.2, 0.25) is 0 Å². The Morgan fingerprint density at radius 2 is 1.10 bits per heavy atom. The third-order valence-corrected chi connectivity index (χ3v) is 9.96. The summed E-state index contributed by atoms with van der Waals surface area (Å²) in [5.41, 5.74) is 2.68. The van der Waals surface area contributed by atoms with Crippen LogP contribution in [0.5, 0.6) is 5.75 Å². The summed E-state index contributed by atoms with van der Waals surface area (Å²) < 4.78 is 21.5. The smallest absolute Gasteiger partial charge is 0.408 e. The fraction of sp³-hybridized carbons (Fsp3) is 0.318. The second kappa shape index (κ2) is 24.7. The average molecular weight is 925 g/mol. The van der Waals surface area contributed by atoms with E-state index in [9.17, 15) is 39.0 Å². The van der Waals surface area contributed by atoms with E-state index in [4.69, 9.17) is 18.9 Å². The van der Waals surface area contributed by atoms with E-state index >= 15 is 0 Å². The van der Waals surface area contributed by atoms with E-state index in [1.54, 1.807) is 37.3 Å². The van der Waals surface area contributed by atoms with E-state index in [1.165, 1.54) is 18.2 Å². The number of carbonyl (C=O) groups is 6. The SMILES string of the molecule is CCC(C)[C@H](NC(=O)OCc1ccccc1)C(=O)OC(C(=O)O)c1ccccc1.CCC(C)[C@H](NC(=O)OCc1ccccc1)C(=O)Oc1ccc(C(=O)O)c(CI)c1. The fourth-order valence-corrected chi connectivity index (χ4v) is 5.96. The zero-order chi connectivity index (χ0) is 43.3. The van der Waals surface area contributed by atoms with E-state index in [0.717, 1.165) is 11.1 Å². The van der Waals surface area contributed by atoms with Gasteiger partial charge in [-0.15, -0.1) is 0 Å². The molecular weight excluding hydrogens is 875 g/mol. The zero-order valence-electron chi connectivity index (χ0n) is 33.2. The Balaban J connectivity index is 0.000000316. The first-order chi connectivity index (χ1) is 28.3. The highest BCUT2D eigenvalue weighted by Gasteiger charge is 2.33. The van der Waals surface area contributed by atoms with Crippen LogP contribution in [0.1, 0.15) is 79.3 Å². The van der Waals surface area contributed by atoms with Gasteiger partial charge in [-0.05, 0) is 46.7 Å². The molecule has 59 heavy (non-hydrogen) atoms. The molecule has 4 aromatic rings. The average Bonchev–Trinajstić information content (AvgIpc) is 3.25. The molecule has 0 aliphatic carbocycles. The van der Waals surface area contributed by atoms with Crippen LogP contribution in [0, 0.1) is 11.8 Å². The maximum Gasteiger partial charge on any atom is 0.408 e. The van der Waals surface area contributed by atoms with Gasteiger partial charge in [0.25, 0.3) is 0 Å². The molecule has 15 heteroatoms. The molecule has 4 N–H and O–H groups in total. The first-order valence-corrected chi connectivity index (χ1v) is 20.4. The van der Waals surface area contributed by atoms with E-state index in [2.05, 4.69) is 10.6 Å². The van der Waals surface area contributed by atoms with Crippen molar-refractivity contribution in [2.24, 2.45) is 11.8 Å². The first-order valence-electron chi connectivity index (χ1n) is 18.8. The number of esters is 2. The van der Waals surface area contributed by atoms with Crippen molar-refractivity contribution in [3.8, 4) is 5.75 Å². The lowest BCUT2D eigenvalue weighted by Gasteiger charge is -2.24. The van der Waals surface area contributed by atoms with Gasteiger partial charge in [0.2, 0.25) is 6.10 Å². The number of nitrogens with one attached hydrogen (secondary N) is 2. The monoisotopic (exact) mass is 924 g/mol. The summed E-state index contributed by atoms with van der Waals surface area (Å²) in [5, 5.41) is 23.8. The summed E-state index contributed by atoms with van der Waals surface area (Å²) in [6, 6.07) is 28.9. The number of alkyl carbamates (subject to hydrolysis) is 2. The molecule has 0 fully saturated rings. The third kappa shape index (κ3) is 15.7. The van der Waals surface area contributed by atoms with E-state index in [-0.39, 0.29) is 36.4 Å². The van der Waals surface area contributed by atoms with Crippen molar-refractivity contribution in [2.45, 2.75) is 76.4 Å². The first kappa shape index (κ1) is 47.4. The van der Waals surface area contributed by atoms with Crippen molar-refractivity contribution in [3.05, 3.63) is 137 Å². The molecule has 0 saturated carbocycles. The number of amides is 2. The maximum atomic E-state index is 12.7. The molecule has 14 nitrogen and oxygen atoms in total. The van der Waals surface area contributed by atoms with Gasteiger partial charge in [0.15, 0.2) is 0 Å². The van der Waals surface area contributed by atoms with Gasteiger partial charge in [0.05, 0.1) is 5.56 Å². The van der Waals surface area contributed by atoms with Crippen molar-refractivity contribution in [1.82, 2.24) is 10.6 Å². The maximum absolute atomic E-state index is 12.7. The number of hydrogen-bond acceptors (Lipinski definition) is 10. The molecule has 5 atom stereocenters. The summed E-state index contributed by atoms with van der Waals surface area (Å²) >= 11 is 2.05. The number of hydrogen-bond donors (Lipinski definition) is 4. The Bertz CT molecular complexity index is 1980. The molecule has 0 heterocycles. The molecule has 2 amide bonds. The van der Waals surface area contributed by atoms with E-state index < -0.39 is 54.3 Å². The largest absolute Gasteiger partial charge is 0.478 e. The Morgan fingerprint density at radius 1 is 0.644 bits per heavy atom. The molecule has 314 valence electrons. The normalized spacial score (nSPS) is 13.0. The number of aliphatic carboxylic acids is 1. The van der Waals surface area contributed by atoms with Gasteiger partial charge in [-0.2, -0.15) is 0 Å². The van der Waals surface area contributed by atoms with Crippen LogP contribution in [0.15, 0.2) is 109 Å². The lowest BCUT2D eigenvalue weighted by atomic mass is 9.99. The number of carbonyl (C=O) groups excluding carboxylic acids is 4. The van der Waals surface area contributed by atoms with Crippen LogP contribution in [-0.4, -0.2) is 58.4 Å². The highest BCUT2D eigenvalue weighted by atomic mass is 127. The van der Waals surface area contributed by atoms with Crippen molar-refractivity contribution >= 4 is 58.7 Å². The molecule has 4 aromatic carbocycles. The van der Waals surface area contributed by atoms with Gasteiger partial charge in [0, 0.05) is 9.99 Å². The number of carboxylic acid groups (broad SMARTS) is 2. The minimum absolute atomic E-state index is 0.0523. The Morgan fingerprint density at radius 3 is 1.53 bits per heavy atom. The van der Waals surface area contributed by atoms with Gasteiger partial charge < -0.3 is 39.8 Å². The minimum atomic E-state index is -1.46. The Kier molecular flexibility index (Phi) is 19.9. The third-order valence-electron chi connectivity index (χ3n) is 9.14. The van der Waals surface area contributed by atoms with Crippen LogP contribution >= 0.6 is 22.6 Å². The topological polar surface area (TPSA) is 204 Å². The molecule has 4 rings (SSSR count). The number of ether oxygens (including phenoxy) is 4. The van der Waals surface area contributed by atoms with Crippen LogP contribution in [-0.2, 0) is 46.2 Å².